The van der Waals surface area contributed by atoms with Gasteiger partial charge in [-0.25, -0.2) is 18.9 Å². The van der Waals surface area contributed by atoms with Crippen LogP contribution in [-0.2, 0) is 6.42 Å². The number of fused-ring (bicyclic) bond motifs is 1. The van der Waals surface area contributed by atoms with Gasteiger partial charge in [0.1, 0.15) is 17.5 Å². The molecule has 0 spiro atoms. The summed E-state index contributed by atoms with van der Waals surface area (Å²) in [5, 5.41) is 7.17. The van der Waals surface area contributed by atoms with E-state index in [1.807, 2.05) is 18.2 Å². The largest absolute Gasteiger partial charge is 0.353 e. The van der Waals surface area contributed by atoms with Crippen LogP contribution in [0, 0.1) is 11.6 Å². The number of hydrogen-bond donors (Lipinski definition) is 1. The lowest BCUT2D eigenvalue weighted by Crippen LogP contribution is -2.49. The highest BCUT2D eigenvalue weighted by molar-refractivity contribution is 5.95. The Bertz CT molecular complexity index is 1420. The van der Waals surface area contributed by atoms with Crippen LogP contribution < -0.4 is 10.5 Å². The highest BCUT2D eigenvalue weighted by atomic mass is 19.1. The number of pyridine rings is 1. The first-order valence-corrected chi connectivity index (χ1v) is 10.9. The van der Waals surface area contributed by atoms with Gasteiger partial charge in [-0.2, -0.15) is 5.10 Å². The van der Waals surface area contributed by atoms with Gasteiger partial charge in [0.2, 0.25) is 0 Å². The van der Waals surface area contributed by atoms with Crippen molar-refractivity contribution in [2.75, 3.05) is 31.1 Å². The molecule has 1 aliphatic rings. The van der Waals surface area contributed by atoms with Gasteiger partial charge >= 0.3 is 0 Å². The Hall–Kier alpha value is -4.14. The summed E-state index contributed by atoms with van der Waals surface area (Å²) in [5.41, 5.74) is 0.659. The molecule has 3 heterocycles. The summed E-state index contributed by atoms with van der Waals surface area (Å²) in [6, 6.07) is 14.0. The van der Waals surface area contributed by atoms with Crippen molar-refractivity contribution < 1.29 is 13.6 Å². The highest BCUT2D eigenvalue weighted by Crippen LogP contribution is 2.21. The summed E-state index contributed by atoms with van der Waals surface area (Å²) in [4.78, 5) is 33.2. The minimum Gasteiger partial charge on any atom is -0.353 e. The maximum absolute atomic E-state index is 14.6. The van der Waals surface area contributed by atoms with Gasteiger partial charge in [0, 0.05) is 44.2 Å². The summed E-state index contributed by atoms with van der Waals surface area (Å²) in [7, 11) is 0. The molecule has 1 aliphatic heterocycles. The van der Waals surface area contributed by atoms with Gasteiger partial charge < -0.3 is 9.80 Å². The van der Waals surface area contributed by atoms with Gasteiger partial charge in [-0.05, 0) is 48.0 Å². The van der Waals surface area contributed by atoms with Crippen LogP contribution in [0.25, 0.3) is 10.8 Å². The van der Waals surface area contributed by atoms with Crippen molar-refractivity contribution in [1.82, 2.24) is 20.1 Å². The second-order valence-electron chi connectivity index (χ2n) is 8.15. The van der Waals surface area contributed by atoms with E-state index in [1.54, 1.807) is 17.2 Å². The first-order valence-electron chi connectivity index (χ1n) is 10.9. The van der Waals surface area contributed by atoms with E-state index < -0.39 is 17.2 Å². The first kappa shape index (κ1) is 21.7. The molecule has 0 radical (unpaired) electrons. The lowest BCUT2D eigenvalue weighted by atomic mass is 10.0. The number of H-pyrrole nitrogens is 1. The average molecular weight is 461 g/mol. The maximum atomic E-state index is 14.6. The molecule has 0 aliphatic carbocycles. The van der Waals surface area contributed by atoms with E-state index in [9.17, 15) is 18.4 Å². The van der Waals surface area contributed by atoms with Crippen LogP contribution in [0.1, 0.15) is 21.6 Å². The average Bonchev–Trinajstić information content (AvgIpc) is 2.87. The number of halogens is 2. The minimum atomic E-state index is -0.595. The number of aromatic amines is 1. The second kappa shape index (κ2) is 9.01. The van der Waals surface area contributed by atoms with Crippen LogP contribution in [0.4, 0.5) is 14.6 Å². The van der Waals surface area contributed by atoms with Crippen molar-refractivity contribution in [3.8, 4) is 0 Å². The SMILES string of the molecule is O=C(c1cc(Cc2n[nH]c(=O)c3cc(F)ccc23)ccc1F)N1CCN(c2ccccn2)CC1. The summed E-state index contributed by atoms with van der Waals surface area (Å²) >= 11 is 0. The predicted octanol–water partition coefficient (Wildman–Crippen LogP) is 3.15. The fourth-order valence-electron chi connectivity index (χ4n) is 4.22. The van der Waals surface area contributed by atoms with Crippen LogP contribution in [0.15, 0.2) is 65.6 Å². The molecule has 1 N–H and O–H groups in total. The fraction of sp³-hybridized carbons (Fsp3) is 0.200. The zero-order valence-corrected chi connectivity index (χ0v) is 18.2. The van der Waals surface area contributed by atoms with Gasteiger partial charge in [0.05, 0.1) is 16.6 Å². The number of carbonyl (C=O) groups is 1. The molecule has 5 rings (SSSR count). The van der Waals surface area contributed by atoms with Gasteiger partial charge in [0.15, 0.2) is 0 Å². The van der Waals surface area contributed by atoms with Crippen LogP contribution in [-0.4, -0.2) is 52.2 Å². The summed E-state index contributed by atoms with van der Waals surface area (Å²) < 4.78 is 28.2. The van der Waals surface area contributed by atoms with Crippen molar-refractivity contribution in [3.63, 3.8) is 0 Å². The molecule has 1 amide bonds. The highest BCUT2D eigenvalue weighted by Gasteiger charge is 2.25. The number of anilines is 1. The third-order valence-electron chi connectivity index (χ3n) is 6.00. The molecule has 172 valence electrons. The normalized spacial score (nSPS) is 13.9. The number of amides is 1. The second-order valence-corrected chi connectivity index (χ2v) is 8.15. The molecule has 9 heteroatoms. The third kappa shape index (κ3) is 4.24. The Morgan fingerprint density at radius 1 is 0.971 bits per heavy atom. The zero-order valence-electron chi connectivity index (χ0n) is 18.2. The minimum absolute atomic E-state index is 0.0106. The van der Waals surface area contributed by atoms with Crippen LogP contribution in [0.5, 0.6) is 0 Å². The van der Waals surface area contributed by atoms with E-state index in [0.29, 0.717) is 42.8 Å². The van der Waals surface area contributed by atoms with Gasteiger partial charge in [-0.3, -0.25) is 9.59 Å². The lowest BCUT2D eigenvalue weighted by Gasteiger charge is -2.35. The lowest BCUT2D eigenvalue weighted by molar-refractivity contribution is 0.0741. The van der Waals surface area contributed by atoms with Crippen molar-refractivity contribution in [2.24, 2.45) is 0 Å². The number of aromatic nitrogens is 3. The Balaban J connectivity index is 1.36. The molecule has 1 saturated heterocycles. The molecule has 1 fully saturated rings. The van der Waals surface area contributed by atoms with Crippen molar-refractivity contribution in [3.05, 3.63) is 99.6 Å². The van der Waals surface area contributed by atoms with Gasteiger partial charge in [-0.15, -0.1) is 0 Å². The Morgan fingerprint density at radius 3 is 2.56 bits per heavy atom. The smallest absolute Gasteiger partial charge is 0.272 e. The fourth-order valence-corrected chi connectivity index (χ4v) is 4.22. The molecule has 0 saturated carbocycles. The van der Waals surface area contributed by atoms with Crippen LogP contribution in [0.2, 0.25) is 0 Å². The standard InChI is InChI=1S/C25H21F2N5O2/c26-17-5-6-18-19(15-17)24(33)30-29-22(18)14-16-4-7-21(27)20(13-16)25(34)32-11-9-31(10-12-32)23-3-1-2-8-28-23/h1-8,13,15H,9-12,14H2,(H,30,33). The predicted molar refractivity (Wildman–Crippen MR) is 124 cm³/mol. The molecular formula is C25H21F2N5O2. The number of piperazine rings is 1. The molecule has 2 aromatic heterocycles. The van der Waals surface area contributed by atoms with E-state index >= 15 is 0 Å². The zero-order chi connectivity index (χ0) is 23.7. The molecule has 4 aromatic rings. The van der Waals surface area contributed by atoms with E-state index in [1.165, 1.54) is 24.3 Å². The third-order valence-corrected chi connectivity index (χ3v) is 6.00. The number of carbonyl (C=O) groups excluding carboxylic acids is 1. The van der Waals surface area contributed by atoms with Crippen LogP contribution >= 0.6 is 0 Å². The Labute approximate surface area is 193 Å². The number of hydrogen-bond acceptors (Lipinski definition) is 5. The molecule has 34 heavy (non-hydrogen) atoms. The van der Waals surface area contributed by atoms with Gasteiger partial charge in [-0.1, -0.05) is 12.1 Å². The van der Waals surface area contributed by atoms with E-state index in [0.717, 1.165) is 11.9 Å². The number of nitrogens with one attached hydrogen (secondary N) is 1. The molecule has 0 atom stereocenters. The van der Waals surface area contributed by atoms with E-state index in [2.05, 4.69) is 20.1 Å². The summed E-state index contributed by atoms with van der Waals surface area (Å²) in [6.45, 7) is 2.12. The van der Waals surface area contributed by atoms with E-state index in [4.69, 9.17) is 0 Å². The Morgan fingerprint density at radius 2 is 1.79 bits per heavy atom. The van der Waals surface area contributed by atoms with Crippen LogP contribution in [0.3, 0.4) is 0 Å². The molecule has 2 aromatic carbocycles. The van der Waals surface area contributed by atoms with Gasteiger partial charge in [0.25, 0.3) is 11.5 Å². The molecule has 0 unspecified atom stereocenters. The summed E-state index contributed by atoms with van der Waals surface area (Å²) in [6.07, 6.45) is 1.97. The topological polar surface area (TPSA) is 82.2 Å². The van der Waals surface area contributed by atoms with Crippen molar-refractivity contribution >= 4 is 22.5 Å². The van der Waals surface area contributed by atoms with Crippen molar-refractivity contribution in [2.45, 2.75) is 6.42 Å². The van der Waals surface area contributed by atoms with E-state index in [-0.39, 0.29) is 23.3 Å². The molecule has 0 bridgehead atoms. The monoisotopic (exact) mass is 461 g/mol. The summed E-state index contributed by atoms with van der Waals surface area (Å²) in [5.74, 6) is -0.639. The van der Waals surface area contributed by atoms with Crippen molar-refractivity contribution in [1.29, 1.82) is 0 Å². The number of nitrogens with zero attached hydrogens (tertiary/aromatic N) is 4. The number of benzene rings is 2. The molecular weight excluding hydrogens is 440 g/mol. The first-order chi connectivity index (χ1) is 16.5. The maximum Gasteiger partial charge on any atom is 0.272 e. The molecule has 7 nitrogen and oxygen atoms in total. The Kier molecular flexibility index (Phi) is 5.75. The number of rotatable bonds is 4. The quantitative estimate of drug-likeness (QED) is 0.505.